The highest BCUT2D eigenvalue weighted by Crippen LogP contribution is 2.53. The van der Waals surface area contributed by atoms with Gasteiger partial charge >= 0.3 is 0 Å². The fourth-order valence-electron chi connectivity index (χ4n) is 6.47. The Labute approximate surface area is 197 Å². The molecule has 2 heterocycles. The van der Waals surface area contributed by atoms with Crippen molar-refractivity contribution in [2.45, 2.75) is 83.0 Å². The van der Waals surface area contributed by atoms with Crippen LogP contribution in [0, 0.1) is 11.3 Å². The molecule has 1 N–H and O–H groups in total. The van der Waals surface area contributed by atoms with Crippen molar-refractivity contribution in [2.75, 3.05) is 13.1 Å². The number of hydrogen-bond acceptors (Lipinski definition) is 4. The normalized spacial score (nSPS) is 27.2. The van der Waals surface area contributed by atoms with Gasteiger partial charge in [0.1, 0.15) is 11.6 Å². The van der Waals surface area contributed by atoms with Crippen molar-refractivity contribution in [3.05, 3.63) is 53.6 Å². The second-order valence-electron chi connectivity index (χ2n) is 12.1. The van der Waals surface area contributed by atoms with Crippen LogP contribution in [0.2, 0.25) is 0 Å². The molecule has 2 aliphatic carbocycles. The fourth-order valence-corrected chi connectivity index (χ4v) is 6.47. The van der Waals surface area contributed by atoms with Gasteiger partial charge in [0.05, 0.1) is 5.41 Å². The molecule has 33 heavy (non-hydrogen) atoms. The van der Waals surface area contributed by atoms with Crippen molar-refractivity contribution >= 4 is 5.91 Å². The molecule has 0 radical (unpaired) electrons. The topological polar surface area (TPSA) is 66.3 Å². The molecular formula is C28H37N3O2. The van der Waals surface area contributed by atoms with Crippen molar-refractivity contribution < 1.29 is 9.90 Å². The van der Waals surface area contributed by atoms with Crippen LogP contribution in [0.4, 0.5) is 0 Å². The van der Waals surface area contributed by atoms with E-state index in [0.29, 0.717) is 11.8 Å². The smallest absolute Gasteiger partial charge is 0.233 e. The third-order valence-corrected chi connectivity index (χ3v) is 8.40. The lowest BCUT2D eigenvalue weighted by Gasteiger charge is -2.57. The maximum Gasteiger partial charge on any atom is 0.233 e. The minimum absolute atomic E-state index is 0.0347. The number of nitrogens with zero attached hydrogens (tertiary/aromatic N) is 3. The SMILES string of the molecule is CC1CC(C(=O)N2CC3(CCC(c4nccc(C(C)(C)C)n4)CC3)C2)(c2cccc(O)c2)C1. The molecule has 1 aliphatic heterocycles. The first-order chi connectivity index (χ1) is 15.6. The number of benzene rings is 1. The lowest BCUT2D eigenvalue weighted by Crippen LogP contribution is -2.65. The monoisotopic (exact) mass is 447 g/mol. The van der Waals surface area contributed by atoms with Gasteiger partial charge in [-0.3, -0.25) is 4.79 Å². The Morgan fingerprint density at radius 1 is 1.12 bits per heavy atom. The highest BCUT2D eigenvalue weighted by atomic mass is 16.3. The molecule has 5 nitrogen and oxygen atoms in total. The van der Waals surface area contributed by atoms with E-state index in [1.807, 2.05) is 24.4 Å². The van der Waals surface area contributed by atoms with Gasteiger partial charge in [0.15, 0.2) is 0 Å². The molecule has 1 saturated heterocycles. The number of phenols is 1. The molecule has 3 fully saturated rings. The number of rotatable bonds is 3. The van der Waals surface area contributed by atoms with Crippen molar-refractivity contribution in [2.24, 2.45) is 11.3 Å². The summed E-state index contributed by atoms with van der Waals surface area (Å²) in [5.74, 6) is 2.48. The van der Waals surface area contributed by atoms with Crippen molar-refractivity contribution in [3.63, 3.8) is 0 Å². The molecule has 2 aromatic rings. The molecular weight excluding hydrogens is 410 g/mol. The van der Waals surface area contributed by atoms with Gasteiger partial charge in [-0.1, -0.05) is 39.8 Å². The highest BCUT2D eigenvalue weighted by Gasteiger charge is 2.56. The Bertz CT molecular complexity index is 1040. The van der Waals surface area contributed by atoms with Gasteiger partial charge in [-0.15, -0.1) is 0 Å². The summed E-state index contributed by atoms with van der Waals surface area (Å²) in [4.78, 5) is 25.3. The molecule has 2 saturated carbocycles. The summed E-state index contributed by atoms with van der Waals surface area (Å²) in [5, 5.41) is 10.00. The van der Waals surface area contributed by atoms with E-state index < -0.39 is 5.41 Å². The maximum atomic E-state index is 13.7. The fraction of sp³-hybridized carbons (Fsp3) is 0.607. The third-order valence-electron chi connectivity index (χ3n) is 8.40. The number of hydrogen-bond donors (Lipinski definition) is 1. The van der Waals surface area contributed by atoms with Crippen LogP contribution in [-0.2, 0) is 15.6 Å². The number of likely N-dealkylation sites (tertiary alicyclic amines) is 1. The minimum Gasteiger partial charge on any atom is -0.508 e. The van der Waals surface area contributed by atoms with Gasteiger partial charge < -0.3 is 10.0 Å². The van der Waals surface area contributed by atoms with E-state index in [9.17, 15) is 9.90 Å². The quantitative estimate of drug-likeness (QED) is 0.690. The van der Waals surface area contributed by atoms with Gasteiger partial charge in [0.25, 0.3) is 0 Å². The molecule has 0 bridgehead atoms. The molecule has 1 spiro atoms. The second-order valence-corrected chi connectivity index (χ2v) is 12.1. The summed E-state index contributed by atoms with van der Waals surface area (Å²) >= 11 is 0. The predicted molar refractivity (Wildman–Crippen MR) is 129 cm³/mol. The summed E-state index contributed by atoms with van der Waals surface area (Å²) in [5.41, 5.74) is 1.94. The Morgan fingerprint density at radius 3 is 2.42 bits per heavy atom. The highest BCUT2D eigenvalue weighted by molar-refractivity contribution is 5.90. The lowest BCUT2D eigenvalue weighted by molar-refractivity contribution is -0.158. The first kappa shape index (κ1) is 22.4. The average molecular weight is 448 g/mol. The summed E-state index contributed by atoms with van der Waals surface area (Å²) in [6.45, 7) is 10.5. The van der Waals surface area contributed by atoms with Crippen LogP contribution in [0.25, 0.3) is 0 Å². The van der Waals surface area contributed by atoms with Crippen LogP contribution in [0.3, 0.4) is 0 Å². The zero-order valence-corrected chi connectivity index (χ0v) is 20.5. The standard InChI is InChI=1S/C28H37N3O2/c1-19-15-28(16-19,21-6-5-7-22(32)14-21)25(33)31-17-27(18-31)11-8-20(9-12-27)24-29-13-10-23(30-24)26(2,3)4/h5-7,10,13-14,19-20,32H,8-9,11-12,15-18H2,1-4H3. The van der Waals surface area contributed by atoms with Crippen LogP contribution < -0.4 is 0 Å². The lowest BCUT2D eigenvalue weighted by atomic mass is 9.57. The first-order valence-corrected chi connectivity index (χ1v) is 12.5. The van der Waals surface area contributed by atoms with Gasteiger partial charge in [-0.25, -0.2) is 9.97 Å². The van der Waals surface area contributed by atoms with Crippen molar-refractivity contribution in [1.29, 1.82) is 0 Å². The summed E-state index contributed by atoms with van der Waals surface area (Å²) in [7, 11) is 0. The van der Waals surface area contributed by atoms with Gasteiger partial charge in [-0.2, -0.15) is 0 Å². The number of aromatic nitrogens is 2. The molecule has 5 heteroatoms. The van der Waals surface area contributed by atoms with E-state index in [2.05, 4.69) is 37.6 Å². The van der Waals surface area contributed by atoms with Crippen LogP contribution >= 0.6 is 0 Å². The summed E-state index contributed by atoms with van der Waals surface area (Å²) in [6, 6.07) is 9.37. The summed E-state index contributed by atoms with van der Waals surface area (Å²) < 4.78 is 0. The number of phenolic OH excluding ortho intramolecular Hbond substituents is 1. The average Bonchev–Trinajstić information content (AvgIpc) is 2.74. The number of carbonyl (C=O) groups is 1. The number of amides is 1. The molecule has 5 rings (SSSR count). The molecule has 0 atom stereocenters. The van der Waals surface area contributed by atoms with Gasteiger partial charge in [0, 0.05) is 41.7 Å². The van der Waals surface area contributed by atoms with Gasteiger partial charge in [0.2, 0.25) is 5.91 Å². The molecule has 1 aromatic heterocycles. The maximum absolute atomic E-state index is 13.7. The molecule has 176 valence electrons. The molecule has 1 aromatic carbocycles. The van der Waals surface area contributed by atoms with E-state index in [4.69, 9.17) is 4.98 Å². The van der Waals surface area contributed by atoms with E-state index in [1.165, 1.54) is 0 Å². The van der Waals surface area contributed by atoms with Crippen LogP contribution in [0.1, 0.15) is 89.2 Å². The van der Waals surface area contributed by atoms with E-state index >= 15 is 0 Å². The van der Waals surface area contributed by atoms with E-state index in [-0.39, 0.29) is 22.5 Å². The first-order valence-electron chi connectivity index (χ1n) is 12.5. The molecule has 3 aliphatic rings. The predicted octanol–water partition coefficient (Wildman–Crippen LogP) is 5.33. The largest absolute Gasteiger partial charge is 0.508 e. The van der Waals surface area contributed by atoms with Crippen molar-refractivity contribution in [1.82, 2.24) is 14.9 Å². The van der Waals surface area contributed by atoms with Crippen LogP contribution in [0.15, 0.2) is 36.5 Å². The van der Waals surface area contributed by atoms with Crippen molar-refractivity contribution in [3.8, 4) is 5.75 Å². The van der Waals surface area contributed by atoms with E-state index in [1.54, 1.807) is 12.1 Å². The number of aromatic hydroxyl groups is 1. The third kappa shape index (κ3) is 3.94. The molecule has 0 unspecified atom stereocenters. The Balaban J connectivity index is 1.23. The zero-order chi connectivity index (χ0) is 23.4. The van der Waals surface area contributed by atoms with Gasteiger partial charge in [-0.05, 0) is 68.2 Å². The zero-order valence-electron chi connectivity index (χ0n) is 20.5. The molecule has 1 amide bonds. The Kier molecular flexibility index (Phi) is 5.30. The minimum atomic E-state index is -0.446. The Hall–Kier alpha value is -2.43. The Morgan fingerprint density at radius 2 is 1.82 bits per heavy atom. The van der Waals surface area contributed by atoms with Crippen LogP contribution in [-0.4, -0.2) is 39.0 Å². The van der Waals surface area contributed by atoms with Crippen LogP contribution in [0.5, 0.6) is 5.75 Å². The second kappa shape index (κ2) is 7.82. The number of carbonyl (C=O) groups excluding carboxylic acids is 1. The summed E-state index contributed by atoms with van der Waals surface area (Å²) in [6.07, 6.45) is 8.15. The van der Waals surface area contributed by atoms with E-state index in [0.717, 1.165) is 68.7 Å².